The molecule has 0 aliphatic carbocycles. The number of hydrogen-bond acceptors (Lipinski definition) is 8. The molecule has 2 aliphatic rings. The minimum Gasteiger partial charge on any atom is -0.453 e. The average molecular weight is 547 g/mol. The predicted octanol–water partition coefficient (Wildman–Crippen LogP) is 3.96. The van der Waals surface area contributed by atoms with E-state index in [2.05, 4.69) is 6.58 Å². The van der Waals surface area contributed by atoms with Gasteiger partial charge in [-0.3, -0.25) is 0 Å². The van der Waals surface area contributed by atoms with Gasteiger partial charge in [-0.25, -0.2) is 4.79 Å². The predicted molar refractivity (Wildman–Crippen MR) is 146 cm³/mol. The molecule has 0 aromatic heterocycles. The van der Waals surface area contributed by atoms with Gasteiger partial charge in [0.15, 0.2) is 18.0 Å². The Kier molecular flexibility index (Phi) is 8.75. The average Bonchev–Trinajstić information content (AvgIpc) is 3.43. The fraction of sp³-hybridized carbons (Fsp3) is 0.344. The topological polar surface area (TPSA) is 92.7 Å². The van der Waals surface area contributed by atoms with Gasteiger partial charge in [0.2, 0.25) is 5.60 Å². The number of methoxy groups -OCH3 is 1. The monoisotopic (exact) mass is 546 g/mol. The lowest BCUT2D eigenvalue weighted by Crippen LogP contribution is -2.66. The van der Waals surface area contributed by atoms with Gasteiger partial charge >= 0.3 is 5.97 Å². The first kappa shape index (κ1) is 28.2. The summed E-state index contributed by atoms with van der Waals surface area (Å²) in [6.45, 7) is 4.04. The number of ether oxygens (including phenoxy) is 6. The maximum atomic E-state index is 13.7. The largest absolute Gasteiger partial charge is 0.453 e. The van der Waals surface area contributed by atoms with Gasteiger partial charge in [0, 0.05) is 7.11 Å². The normalized spacial score (nSPS) is 29.5. The lowest BCUT2D eigenvalue weighted by molar-refractivity contribution is -0.240. The van der Waals surface area contributed by atoms with Crippen LogP contribution in [0.2, 0.25) is 0 Å². The summed E-state index contributed by atoms with van der Waals surface area (Å²) in [4.78, 5) is 13.7. The number of carbonyl (C=O) groups excluding carboxylic acids is 1. The van der Waals surface area contributed by atoms with E-state index in [1.165, 1.54) is 13.2 Å². The van der Waals surface area contributed by atoms with Crippen LogP contribution in [0.25, 0.3) is 0 Å². The Labute approximate surface area is 234 Å². The van der Waals surface area contributed by atoms with E-state index in [0.29, 0.717) is 0 Å². The van der Waals surface area contributed by atoms with E-state index in [9.17, 15) is 9.90 Å². The number of aliphatic hydroxyl groups is 1. The molecular weight excluding hydrogens is 512 g/mol. The number of cyclic esters (lactones) is 1. The summed E-state index contributed by atoms with van der Waals surface area (Å²) in [5.74, 6) is -0.797. The summed E-state index contributed by atoms with van der Waals surface area (Å²) in [5, 5.41) is 12.3. The molecule has 2 fully saturated rings. The zero-order valence-corrected chi connectivity index (χ0v) is 22.4. The molecule has 8 heteroatoms. The maximum absolute atomic E-state index is 13.7. The number of benzene rings is 3. The van der Waals surface area contributed by atoms with Crippen LogP contribution in [0.5, 0.6) is 0 Å². The molecule has 0 amide bonds. The number of rotatable bonds is 12. The van der Waals surface area contributed by atoms with Crippen molar-refractivity contribution >= 4 is 5.97 Å². The first-order valence-electron chi connectivity index (χ1n) is 13.2. The van der Waals surface area contributed by atoms with Crippen molar-refractivity contribution < 1.29 is 38.3 Å². The molecule has 3 aromatic carbocycles. The Morgan fingerprint density at radius 1 is 0.850 bits per heavy atom. The molecule has 5 rings (SSSR count). The van der Waals surface area contributed by atoms with Gasteiger partial charge < -0.3 is 33.5 Å². The van der Waals surface area contributed by atoms with Crippen molar-refractivity contribution in [2.24, 2.45) is 0 Å². The first-order valence-corrected chi connectivity index (χ1v) is 13.2. The quantitative estimate of drug-likeness (QED) is 0.270. The van der Waals surface area contributed by atoms with E-state index >= 15 is 0 Å². The van der Waals surface area contributed by atoms with E-state index in [0.717, 1.165) is 16.7 Å². The molecule has 0 saturated carbocycles. The fourth-order valence-corrected chi connectivity index (χ4v) is 5.31. The Morgan fingerprint density at radius 3 is 1.90 bits per heavy atom. The number of esters is 1. The molecule has 2 saturated heterocycles. The highest BCUT2D eigenvalue weighted by Crippen LogP contribution is 2.50. The van der Waals surface area contributed by atoms with E-state index in [1.807, 2.05) is 91.0 Å². The van der Waals surface area contributed by atoms with Crippen LogP contribution in [-0.4, -0.2) is 60.6 Å². The van der Waals surface area contributed by atoms with Crippen molar-refractivity contribution in [3.63, 3.8) is 0 Å². The molecule has 2 aliphatic heterocycles. The standard InChI is InChI=1S/C32H34O8/c1-3-26-31(34,22-36-19-23-13-7-4-8-14-23)32(30(33)39-26)28(38-21-25-17-11-6-12-18-25)27(29(35-2)40-32)37-20-24-15-9-5-10-16-24/h3-18,26-29,34H,1,19-22H2,2H3/t26-,27-,28-,29-,31+,32+/m1/s1. The van der Waals surface area contributed by atoms with Crippen LogP contribution in [0.15, 0.2) is 104 Å². The van der Waals surface area contributed by atoms with E-state index < -0.39 is 41.8 Å². The van der Waals surface area contributed by atoms with Gasteiger partial charge in [-0.1, -0.05) is 97.6 Å². The van der Waals surface area contributed by atoms with Gasteiger partial charge in [0.05, 0.1) is 26.4 Å². The van der Waals surface area contributed by atoms with E-state index in [-0.39, 0.29) is 26.4 Å². The van der Waals surface area contributed by atoms with Crippen molar-refractivity contribution in [1.29, 1.82) is 0 Å². The zero-order chi connectivity index (χ0) is 28.0. The third kappa shape index (κ3) is 5.34. The molecule has 0 radical (unpaired) electrons. The highest BCUT2D eigenvalue weighted by Gasteiger charge is 2.78. The molecule has 1 N–H and O–H groups in total. The molecular formula is C32H34O8. The summed E-state index contributed by atoms with van der Waals surface area (Å²) in [6.07, 6.45) is -2.78. The Hall–Kier alpha value is -3.37. The van der Waals surface area contributed by atoms with Gasteiger partial charge in [-0.05, 0) is 22.8 Å². The molecule has 0 bridgehead atoms. The second-order valence-electron chi connectivity index (χ2n) is 9.90. The lowest BCUT2D eigenvalue weighted by Gasteiger charge is -2.39. The van der Waals surface area contributed by atoms with E-state index in [1.54, 1.807) is 0 Å². The summed E-state index contributed by atoms with van der Waals surface area (Å²) >= 11 is 0. The summed E-state index contributed by atoms with van der Waals surface area (Å²) in [6, 6.07) is 28.6. The second-order valence-corrected chi connectivity index (χ2v) is 9.90. The van der Waals surface area contributed by atoms with Gasteiger partial charge in [0.25, 0.3) is 0 Å². The van der Waals surface area contributed by atoms with Crippen LogP contribution in [0.3, 0.4) is 0 Å². The van der Waals surface area contributed by atoms with Gasteiger partial charge in [-0.2, -0.15) is 0 Å². The van der Waals surface area contributed by atoms with Crippen LogP contribution in [0.1, 0.15) is 16.7 Å². The lowest BCUT2D eigenvalue weighted by atomic mass is 9.77. The van der Waals surface area contributed by atoms with Crippen LogP contribution >= 0.6 is 0 Å². The van der Waals surface area contributed by atoms with Crippen molar-refractivity contribution in [3.8, 4) is 0 Å². The molecule has 1 spiro atoms. The van der Waals surface area contributed by atoms with Crippen molar-refractivity contribution in [2.75, 3.05) is 13.7 Å². The van der Waals surface area contributed by atoms with Crippen LogP contribution in [0.4, 0.5) is 0 Å². The highest BCUT2D eigenvalue weighted by atomic mass is 16.8. The molecule has 40 heavy (non-hydrogen) atoms. The minimum absolute atomic E-state index is 0.130. The molecule has 0 unspecified atom stereocenters. The molecule has 6 atom stereocenters. The van der Waals surface area contributed by atoms with Gasteiger partial charge in [-0.15, -0.1) is 0 Å². The summed E-state index contributed by atoms with van der Waals surface area (Å²) in [7, 11) is 1.45. The van der Waals surface area contributed by atoms with Crippen molar-refractivity contribution in [2.45, 2.75) is 55.6 Å². The van der Waals surface area contributed by atoms with E-state index in [4.69, 9.17) is 28.4 Å². The zero-order valence-electron chi connectivity index (χ0n) is 22.4. The highest BCUT2D eigenvalue weighted by molar-refractivity contribution is 5.86. The molecule has 210 valence electrons. The van der Waals surface area contributed by atoms with Crippen LogP contribution in [0, 0.1) is 0 Å². The Balaban J connectivity index is 1.48. The van der Waals surface area contributed by atoms with Crippen molar-refractivity contribution in [1.82, 2.24) is 0 Å². The SMILES string of the molecule is C=C[C@H]1OC(=O)[C@]2(O[C@@H](OC)[C@H](OCc3ccccc3)[C@H]2OCc2ccccc2)[C@]1(O)COCc1ccccc1. The van der Waals surface area contributed by atoms with Crippen LogP contribution < -0.4 is 0 Å². The minimum atomic E-state index is -2.01. The Bertz CT molecular complexity index is 1250. The third-order valence-corrected chi connectivity index (χ3v) is 7.36. The smallest absolute Gasteiger partial charge is 0.345 e. The van der Waals surface area contributed by atoms with Gasteiger partial charge in [0.1, 0.15) is 12.2 Å². The molecule has 2 heterocycles. The Morgan fingerprint density at radius 2 is 1.38 bits per heavy atom. The second kappa shape index (κ2) is 12.4. The number of carbonyl (C=O) groups is 1. The third-order valence-electron chi connectivity index (χ3n) is 7.36. The number of hydrogen-bond donors (Lipinski definition) is 1. The van der Waals surface area contributed by atoms with Crippen molar-refractivity contribution in [3.05, 3.63) is 120 Å². The van der Waals surface area contributed by atoms with Crippen LogP contribution in [-0.2, 0) is 53.0 Å². The first-order chi connectivity index (χ1) is 19.5. The molecule has 3 aromatic rings. The summed E-state index contributed by atoms with van der Waals surface area (Å²) < 4.78 is 36.3. The summed E-state index contributed by atoms with van der Waals surface area (Å²) in [5.41, 5.74) is -1.32. The maximum Gasteiger partial charge on any atom is 0.345 e. The molecule has 8 nitrogen and oxygen atoms in total. The fourth-order valence-electron chi connectivity index (χ4n) is 5.31.